The molecule has 2 heterocycles. The van der Waals surface area contributed by atoms with Gasteiger partial charge < -0.3 is 15.0 Å². The maximum atomic E-state index is 5.72. The molecule has 1 N–H and O–H groups in total. The number of thiazole rings is 1. The van der Waals surface area contributed by atoms with Gasteiger partial charge in [0.2, 0.25) is 0 Å². The molecule has 1 aromatic heterocycles. The second kappa shape index (κ2) is 8.64. The largest absolute Gasteiger partial charge is 0.374 e. The number of hydrogen-bond donors (Lipinski definition) is 1. The summed E-state index contributed by atoms with van der Waals surface area (Å²) in [5.74, 6) is 0. The Kier molecular flexibility index (Phi) is 6.78. The summed E-state index contributed by atoms with van der Waals surface area (Å²) in [4.78, 5) is 7.05. The Labute approximate surface area is 120 Å². The molecule has 0 spiro atoms. The minimum atomic E-state index is 0.649. The van der Waals surface area contributed by atoms with Crippen molar-refractivity contribution in [2.24, 2.45) is 0 Å². The summed E-state index contributed by atoms with van der Waals surface area (Å²) in [5, 5.41) is 6.54. The molecular formula is C14H25N3OS. The smallest absolute Gasteiger partial charge is 0.107 e. The molecule has 19 heavy (non-hydrogen) atoms. The Balaban J connectivity index is 1.58. The number of rotatable bonds is 8. The van der Waals surface area contributed by atoms with Crippen molar-refractivity contribution in [1.29, 1.82) is 0 Å². The summed E-state index contributed by atoms with van der Waals surface area (Å²) in [5.41, 5.74) is 1.07. The molecule has 0 saturated carbocycles. The maximum absolute atomic E-state index is 5.72. The summed E-state index contributed by atoms with van der Waals surface area (Å²) in [6.45, 7) is 8.99. The predicted octanol–water partition coefficient (Wildman–Crippen LogP) is 2.26. The van der Waals surface area contributed by atoms with Crippen molar-refractivity contribution in [3.63, 3.8) is 0 Å². The van der Waals surface area contributed by atoms with Crippen molar-refractivity contribution >= 4 is 11.3 Å². The van der Waals surface area contributed by atoms with Crippen LogP contribution in [-0.2, 0) is 17.9 Å². The van der Waals surface area contributed by atoms with Gasteiger partial charge in [-0.3, -0.25) is 0 Å². The fraction of sp³-hybridized carbons (Fsp3) is 0.786. The van der Waals surface area contributed by atoms with Gasteiger partial charge in [0, 0.05) is 18.5 Å². The Morgan fingerprint density at radius 1 is 1.37 bits per heavy atom. The van der Waals surface area contributed by atoms with Crippen molar-refractivity contribution in [2.45, 2.75) is 39.3 Å². The van der Waals surface area contributed by atoms with Crippen molar-refractivity contribution in [1.82, 2.24) is 15.2 Å². The SMILES string of the molecule is CCNCc1nc(COCCN2CCCCC2)cs1. The van der Waals surface area contributed by atoms with Crippen molar-refractivity contribution in [3.05, 3.63) is 16.1 Å². The van der Waals surface area contributed by atoms with E-state index in [2.05, 4.69) is 27.5 Å². The molecule has 0 aromatic carbocycles. The van der Waals surface area contributed by atoms with Gasteiger partial charge in [-0.2, -0.15) is 0 Å². The predicted molar refractivity (Wildman–Crippen MR) is 79.4 cm³/mol. The first-order valence-electron chi connectivity index (χ1n) is 7.32. The molecule has 5 heteroatoms. The molecule has 108 valence electrons. The highest BCUT2D eigenvalue weighted by molar-refractivity contribution is 7.09. The van der Waals surface area contributed by atoms with E-state index in [4.69, 9.17) is 4.74 Å². The fourth-order valence-electron chi connectivity index (χ4n) is 2.28. The van der Waals surface area contributed by atoms with Crippen LogP contribution in [0.15, 0.2) is 5.38 Å². The lowest BCUT2D eigenvalue weighted by atomic mass is 10.1. The van der Waals surface area contributed by atoms with Crippen LogP contribution in [0.2, 0.25) is 0 Å². The molecule has 0 aliphatic carbocycles. The van der Waals surface area contributed by atoms with Gasteiger partial charge in [0.05, 0.1) is 18.9 Å². The molecule has 1 aliphatic heterocycles. The molecule has 0 atom stereocenters. The average Bonchev–Trinajstić information content (AvgIpc) is 2.90. The van der Waals surface area contributed by atoms with Gasteiger partial charge in [-0.15, -0.1) is 11.3 Å². The number of aromatic nitrogens is 1. The Morgan fingerprint density at radius 3 is 3.00 bits per heavy atom. The average molecular weight is 283 g/mol. The molecular weight excluding hydrogens is 258 g/mol. The number of nitrogens with zero attached hydrogens (tertiary/aromatic N) is 2. The zero-order valence-corrected chi connectivity index (χ0v) is 12.7. The lowest BCUT2D eigenvalue weighted by Gasteiger charge is -2.25. The van der Waals surface area contributed by atoms with Gasteiger partial charge in [-0.05, 0) is 32.5 Å². The Bertz CT molecular complexity index is 350. The van der Waals surface area contributed by atoms with Crippen LogP contribution in [0.3, 0.4) is 0 Å². The summed E-state index contributed by atoms with van der Waals surface area (Å²) < 4.78 is 5.72. The van der Waals surface area contributed by atoms with Crippen molar-refractivity contribution in [3.8, 4) is 0 Å². The molecule has 0 unspecified atom stereocenters. The minimum absolute atomic E-state index is 0.649. The summed E-state index contributed by atoms with van der Waals surface area (Å²) in [6.07, 6.45) is 4.09. The molecule has 2 rings (SSSR count). The third-order valence-electron chi connectivity index (χ3n) is 3.38. The number of hydrogen-bond acceptors (Lipinski definition) is 5. The number of likely N-dealkylation sites (tertiary alicyclic amines) is 1. The van der Waals surface area contributed by atoms with Crippen LogP contribution in [0, 0.1) is 0 Å². The minimum Gasteiger partial charge on any atom is -0.374 e. The zero-order chi connectivity index (χ0) is 13.3. The molecule has 1 aliphatic rings. The molecule has 1 fully saturated rings. The Morgan fingerprint density at radius 2 is 2.21 bits per heavy atom. The summed E-state index contributed by atoms with van der Waals surface area (Å²) >= 11 is 1.71. The lowest BCUT2D eigenvalue weighted by Crippen LogP contribution is -2.32. The van der Waals surface area contributed by atoms with Crippen LogP contribution in [0.1, 0.15) is 36.9 Å². The van der Waals surface area contributed by atoms with Crippen molar-refractivity contribution < 1.29 is 4.74 Å². The van der Waals surface area contributed by atoms with Gasteiger partial charge in [0.1, 0.15) is 5.01 Å². The summed E-state index contributed by atoms with van der Waals surface area (Å²) in [6, 6.07) is 0. The lowest BCUT2D eigenvalue weighted by molar-refractivity contribution is 0.0847. The normalized spacial score (nSPS) is 16.9. The number of ether oxygens (including phenoxy) is 1. The monoisotopic (exact) mass is 283 g/mol. The molecule has 4 nitrogen and oxygen atoms in total. The van der Waals surface area contributed by atoms with E-state index in [0.717, 1.165) is 36.9 Å². The molecule has 1 aromatic rings. The molecule has 0 bridgehead atoms. The van der Waals surface area contributed by atoms with Crippen LogP contribution in [0.25, 0.3) is 0 Å². The first kappa shape index (κ1) is 14.9. The van der Waals surface area contributed by atoms with Crippen LogP contribution in [0.4, 0.5) is 0 Å². The van der Waals surface area contributed by atoms with Gasteiger partial charge >= 0.3 is 0 Å². The van der Waals surface area contributed by atoms with E-state index in [1.54, 1.807) is 11.3 Å². The molecule has 0 amide bonds. The standard InChI is InChI=1S/C14H25N3OS/c1-2-15-10-14-16-13(12-19-14)11-18-9-8-17-6-4-3-5-7-17/h12,15H,2-11H2,1H3. The molecule has 1 saturated heterocycles. The quantitative estimate of drug-likeness (QED) is 0.743. The highest BCUT2D eigenvalue weighted by atomic mass is 32.1. The molecule has 0 radical (unpaired) electrons. The van der Waals surface area contributed by atoms with E-state index in [0.29, 0.717) is 6.61 Å². The van der Waals surface area contributed by atoms with E-state index >= 15 is 0 Å². The first-order valence-corrected chi connectivity index (χ1v) is 8.20. The van der Waals surface area contributed by atoms with Crippen LogP contribution < -0.4 is 5.32 Å². The van der Waals surface area contributed by atoms with Crippen LogP contribution in [-0.4, -0.2) is 42.7 Å². The van der Waals surface area contributed by atoms with E-state index < -0.39 is 0 Å². The van der Waals surface area contributed by atoms with Gasteiger partial charge in [0.25, 0.3) is 0 Å². The van der Waals surface area contributed by atoms with E-state index in [-0.39, 0.29) is 0 Å². The zero-order valence-electron chi connectivity index (χ0n) is 11.9. The highest BCUT2D eigenvalue weighted by Crippen LogP contribution is 2.11. The van der Waals surface area contributed by atoms with E-state index in [1.807, 2.05) is 0 Å². The van der Waals surface area contributed by atoms with Gasteiger partial charge in [0.15, 0.2) is 0 Å². The van der Waals surface area contributed by atoms with Crippen LogP contribution in [0.5, 0.6) is 0 Å². The topological polar surface area (TPSA) is 37.4 Å². The highest BCUT2D eigenvalue weighted by Gasteiger charge is 2.09. The first-order chi connectivity index (χ1) is 9.38. The van der Waals surface area contributed by atoms with E-state index in [1.165, 1.54) is 32.4 Å². The second-order valence-electron chi connectivity index (χ2n) is 4.97. The second-order valence-corrected chi connectivity index (χ2v) is 5.91. The van der Waals surface area contributed by atoms with Gasteiger partial charge in [-0.1, -0.05) is 13.3 Å². The van der Waals surface area contributed by atoms with Crippen LogP contribution >= 0.6 is 11.3 Å². The maximum Gasteiger partial charge on any atom is 0.107 e. The van der Waals surface area contributed by atoms with E-state index in [9.17, 15) is 0 Å². The summed E-state index contributed by atoms with van der Waals surface area (Å²) in [7, 11) is 0. The fourth-order valence-corrected chi connectivity index (χ4v) is 3.03. The van der Waals surface area contributed by atoms with Gasteiger partial charge in [-0.25, -0.2) is 4.98 Å². The Hall–Kier alpha value is -0.490. The third kappa shape index (κ3) is 5.57. The third-order valence-corrected chi connectivity index (χ3v) is 4.27. The number of nitrogens with one attached hydrogen (secondary N) is 1. The number of piperidine rings is 1. The van der Waals surface area contributed by atoms with Crippen molar-refractivity contribution in [2.75, 3.05) is 32.8 Å².